The Balaban J connectivity index is 1.74. The number of thiocarbonyl (C=S) groups is 1. The van der Waals surface area contributed by atoms with E-state index >= 15 is 0 Å². The highest BCUT2D eigenvalue weighted by Gasteiger charge is 2.41. The average molecular weight is 411 g/mol. The van der Waals surface area contributed by atoms with Crippen LogP contribution in [0.4, 0.5) is 0 Å². The number of aliphatic hydroxyl groups excluding tert-OH is 1. The molecule has 1 fully saturated rings. The molecule has 152 valence electrons. The fourth-order valence-corrected chi connectivity index (χ4v) is 4.49. The molecule has 1 saturated heterocycles. The largest absolute Gasteiger partial charge is 0.467 e. The van der Waals surface area contributed by atoms with Crippen molar-refractivity contribution >= 4 is 17.3 Å². The summed E-state index contributed by atoms with van der Waals surface area (Å²) in [6.07, 6.45) is 4.18. The predicted molar refractivity (Wildman–Crippen MR) is 116 cm³/mol. The second-order valence-electron chi connectivity index (χ2n) is 7.39. The molecule has 2 atom stereocenters. The molecule has 0 aromatic carbocycles. The van der Waals surface area contributed by atoms with Crippen LogP contribution in [0.3, 0.4) is 0 Å². The summed E-state index contributed by atoms with van der Waals surface area (Å²) in [4.78, 5) is 6.77. The van der Waals surface area contributed by atoms with Crippen LogP contribution in [0.5, 0.6) is 0 Å². The SMILES string of the molecule is Cc1cc([C@@H]2[C@@H](c3ccccn3)NC(=S)N2CCCO)c(C)n1Cc1ccco1. The molecule has 6 nitrogen and oxygen atoms in total. The van der Waals surface area contributed by atoms with Crippen LogP contribution in [0.2, 0.25) is 0 Å². The van der Waals surface area contributed by atoms with Gasteiger partial charge in [0, 0.05) is 30.7 Å². The zero-order chi connectivity index (χ0) is 20.4. The summed E-state index contributed by atoms with van der Waals surface area (Å²) in [5.41, 5.74) is 4.54. The van der Waals surface area contributed by atoms with Gasteiger partial charge in [0.1, 0.15) is 5.76 Å². The summed E-state index contributed by atoms with van der Waals surface area (Å²) in [5, 5.41) is 13.6. The molecule has 4 heterocycles. The van der Waals surface area contributed by atoms with Crippen molar-refractivity contribution in [1.82, 2.24) is 19.8 Å². The molecule has 0 spiro atoms. The average Bonchev–Trinajstić information content (AvgIpc) is 3.42. The molecule has 0 aliphatic carbocycles. The molecule has 3 aromatic rings. The summed E-state index contributed by atoms with van der Waals surface area (Å²) >= 11 is 5.67. The Morgan fingerprint density at radius 2 is 2.10 bits per heavy atom. The van der Waals surface area contributed by atoms with Gasteiger partial charge < -0.3 is 24.3 Å². The normalized spacial score (nSPS) is 19.0. The third kappa shape index (κ3) is 3.80. The van der Waals surface area contributed by atoms with E-state index in [4.69, 9.17) is 16.6 Å². The van der Waals surface area contributed by atoms with Gasteiger partial charge in [-0.25, -0.2) is 0 Å². The number of aromatic nitrogens is 2. The van der Waals surface area contributed by atoms with Crippen LogP contribution in [-0.4, -0.2) is 37.8 Å². The summed E-state index contributed by atoms with van der Waals surface area (Å²) in [6.45, 7) is 5.79. The standard InChI is InChI=1S/C22H26N4O2S/c1-15-13-18(16(2)26(15)14-17-7-5-12-28-17)21-20(19-8-3-4-9-23-19)24-22(29)25(21)10-6-11-27/h3-5,7-9,12-13,20-21,27H,6,10-11,14H2,1-2H3,(H,24,29)/t20-,21-/m1/s1. The summed E-state index contributed by atoms with van der Waals surface area (Å²) in [5.74, 6) is 0.928. The Labute approximate surface area is 176 Å². The van der Waals surface area contributed by atoms with Gasteiger partial charge in [-0.15, -0.1) is 0 Å². The molecule has 1 aliphatic heterocycles. The number of rotatable bonds is 7. The van der Waals surface area contributed by atoms with Gasteiger partial charge in [0.05, 0.1) is 30.6 Å². The third-order valence-corrected chi connectivity index (χ3v) is 5.93. The van der Waals surface area contributed by atoms with Gasteiger partial charge in [-0.05, 0) is 68.4 Å². The first-order chi connectivity index (χ1) is 14.1. The van der Waals surface area contributed by atoms with Gasteiger partial charge in [-0.3, -0.25) is 4.98 Å². The minimum Gasteiger partial charge on any atom is -0.467 e. The third-order valence-electron chi connectivity index (χ3n) is 5.58. The molecule has 1 aliphatic rings. The van der Waals surface area contributed by atoms with Gasteiger partial charge >= 0.3 is 0 Å². The Morgan fingerprint density at radius 1 is 1.24 bits per heavy atom. The zero-order valence-electron chi connectivity index (χ0n) is 16.7. The monoisotopic (exact) mass is 410 g/mol. The Morgan fingerprint density at radius 3 is 2.79 bits per heavy atom. The van der Waals surface area contributed by atoms with Gasteiger partial charge in [-0.2, -0.15) is 0 Å². The highest BCUT2D eigenvalue weighted by Crippen LogP contribution is 2.40. The molecule has 0 amide bonds. The van der Waals surface area contributed by atoms with Gasteiger partial charge in [0.2, 0.25) is 0 Å². The van der Waals surface area contributed by atoms with Crippen molar-refractivity contribution in [3.63, 3.8) is 0 Å². The molecule has 29 heavy (non-hydrogen) atoms. The van der Waals surface area contributed by atoms with Crippen molar-refractivity contribution in [3.8, 4) is 0 Å². The highest BCUT2D eigenvalue weighted by atomic mass is 32.1. The van der Waals surface area contributed by atoms with E-state index in [0.29, 0.717) is 24.6 Å². The Bertz CT molecular complexity index is 968. The van der Waals surface area contributed by atoms with E-state index in [0.717, 1.165) is 11.5 Å². The quantitative estimate of drug-likeness (QED) is 0.581. The Hall–Kier alpha value is -2.64. The van der Waals surface area contributed by atoms with Crippen molar-refractivity contribution in [3.05, 3.63) is 77.3 Å². The molecule has 2 N–H and O–H groups in total. The molecule has 0 bridgehead atoms. The van der Waals surface area contributed by atoms with Gasteiger partial charge in [-0.1, -0.05) is 6.07 Å². The van der Waals surface area contributed by atoms with Crippen molar-refractivity contribution in [2.24, 2.45) is 0 Å². The number of furan rings is 1. The van der Waals surface area contributed by atoms with Crippen LogP contribution in [0.15, 0.2) is 53.3 Å². The number of nitrogens with zero attached hydrogens (tertiary/aromatic N) is 3. The topological polar surface area (TPSA) is 66.5 Å². The predicted octanol–water partition coefficient (Wildman–Crippen LogP) is 3.50. The second kappa shape index (κ2) is 8.39. The maximum absolute atomic E-state index is 9.38. The first kappa shape index (κ1) is 19.7. The molecule has 0 radical (unpaired) electrons. The summed E-state index contributed by atoms with van der Waals surface area (Å²) in [6, 6.07) is 12.1. The fraction of sp³-hybridized carbons (Fsp3) is 0.364. The van der Waals surface area contributed by atoms with Gasteiger partial charge in [0.25, 0.3) is 0 Å². The lowest BCUT2D eigenvalue weighted by Gasteiger charge is -2.28. The number of hydrogen-bond acceptors (Lipinski definition) is 4. The molecular weight excluding hydrogens is 384 g/mol. The molecular formula is C22H26N4O2S. The van der Waals surface area contributed by atoms with E-state index in [1.165, 1.54) is 17.0 Å². The van der Waals surface area contributed by atoms with Gasteiger partial charge in [0.15, 0.2) is 5.11 Å². The van der Waals surface area contributed by atoms with Crippen molar-refractivity contribution in [1.29, 1.82) is 0 Å². The van der Waals surface area contributed by atoms with E-state index in [2.05, 4.69) is 39.7 Å². The lowest BCUT2D eigenvalue weighted by molar-refractivity contribution is 0.247. The lowest BCUT2D eigenvalue weighted by Crippen LogP contribution is -2.31. The molecule has 4 rings (SSSR count). The molecule has 0 saturated carbocycles. The smallest absolute Gasteiger partial charge is 0.170 e. The van der Waals surface area contributed by atoms with E-state index in [9.17, 15) is 5.11 Å². The minimum atomic E-state index is -0.0417. The van der Waals surface area contributed by atoms with Crippen LogP contribution in [0, 0.1) is 13.8 Å². The van der Waals surface area contributed by atoms with Crippen molar-refractivity contribution in [2.75, 3.05) is 13.2 Å². The maximum atomic E-state index is 9.38. The fourth-order valence-electron chi connectivity index (χ4n) is 4.15. The van der Waals surface area contributed by atoms with E-state index < -0.39 is 0 Å². The second-order valence-corrected chi connectivity index (χ2v) is 7.78. The Kier molecular flexibility index (Phi) is 5.69. The number of nitrogens with one attached hydrogen (secondary N) is 1. The maximum Gasteiger partial charge on any atom is 0.170 e. The van der Waals surface area contributed by atoms with Crippen LogP contribution in [0.25, 0.3) is 0 Å². The minimum absolute atomic E-state index is 0.0144. The number of aliphatic hydroxyl groups is 1. The molecule has 3 aromatic heterocycles. The highest BCUT2D eigenvalue weighted by molar-refractivity contribution is 7.80. The van der Waals surface area contributed by atoms with Crippen molar-refractivity contribution < 1.29 is 9.52 Å². The van der Waals surface area contributed by atoms with Crippen molar-refractivity contribution in [2.45, 2.75) is 38.9 Å². The zero-order valence-corrected chi connectivity index (χ0v) is 17.5. The van der Waals surface area contributed by atoms with Crippen LogP contribution in [0.1, 0.15) is 46.9 Å². The van der Waals surface area contributed by atoms with E-state index in [1.54, 1.807) is 6.26 Å². The van der Waals surface area contributed by atoms with E-state index in [-0.39, 0.29) is 18.7 Å². The number of aryl methyl sites for hydroxylation is 1. The number of hydrogen-bond donors (Lipinski definition) is 2. The molecule has 0 unspecified atom stereocenters. The number of pyridine rings is 1. The summed E-state index contributed by atoms with van der Waals surface area (Å²) in [7, 11) is 0. The molecule has 7 heteroatoms. The van der Waals surface area contributed by atoms with E-state index in [1.807, 2.05) is 36.5 Å². The first-order valence-electron chi connectivity index (χ1n) is 9.88. The van der Waals surface area contributed by atoms with Crippen LogP contribution >= 0.6 is 12.2 Å². The summed E-state index contributed by atoms with van der Waals surface area (Å²) < 4.78 is 7.83. The lowest BCUT2D eigenvalue weighted by atomic mass is 9.96. The first-order valence-corrected chi connectivity index (χ1v) is 10.3. The van der Waals surface area contributed by atoms with Crippen LogP contribution < -0.4 is 5.32 Å². The van der Waals surface area contributed by atoms with Crippen LogP contribution in [-0.2, 0) is 6.54 Å².